The number of fused-ring (bicyclic) bond motifs is 2. The molecule has 0 saturated heterocycles. The minimum atomic E-state index is -0.0903. The van der Waals surface area contributed by atoms with E-state index in [4.69, 9.17) is 0 Å². The van der Waals surface area contributed by atoms with E-state index in [0.29, 0.717) is 6.54 Å². The van der Waals surface area contributed by atoms with E-state index >= 15 is 0 Å². The smallest absolute Gasteiger partial charge is 0.322 e. The Hall–Kier alpha value is -2.89. The van der Waals surface area contributed by atoms with Crippen molar-refractivity contribution < 1.29 is 4.79 Å². The lowest BCUT2D eigenvalue weighted by Crippen LogP contribution is -2.42. The van der Waals surface area contributed by atoms with Gasteiger partial charge in [-0.25, -0.2) is 4.79 Å². The molecule has 24 heavy (non-hydrogen) atoms. The van der Waals surface area contributed by atoms with Crippen LogP contribution in [0.1, 0.15) is 23.4 Å². The van der Waals surface area contributed by atoms with E-state index in [-0.39, 0.29) is 6.03 Å². The van der Waals surface area contributed by atoms with Crippen molar-refractivity contribution >= 4 is 17.4 Å². The summed E-state index contributed by atoms with van der Waals surface area (Å²) in [6, 6.07) is 11.9. The molecule has 0 unspecified atom stereocenters. The number of benzene rings is 1. The minimum Gasteiger partial charge on any atom is -0.330 e. The number of pyridine rings is 1. The highest BCUT2D eigenvalue weighted by molar-refractivity contribution is 5.93. The van der Waals surface area contributed by atoms with Gasteiger partial charge in [-0.05, 0) is 43.5 Å². The Kier molecular flexibility index (Phi) is 3.65. The number of carbonyl (C=O) groups excluding carboxylic acids is 1. The summed E-state index contributed by atoms with van der Waals surface area (Å²) in [5.41, 5.74) is 4.26. The largest absolute Gasteiger partial charge is 0.330 e. The Morgan fingerprint density at radius 1 is 1.25 bits per heavy atom. The zero-order chi connectivity index (χ0) is 16.5. The first-order chi connectivity index (χ1) is 11.7. The third-order valence-corrected chi connectivity index (χ3v) is 4.38. The van der Waals surface area contributed by atoms with Gasteiger partial charge in [0.05, 0.1) is 6.54 Å². The van der Waals surface area contributed by atoms with Gasteiger partial charge in [0, 0.05) is 18.4 Å². The molecule has 3 aromatic rings. The average Bonchev–Trinajstić information content (AvgIpc) is 3.02. The maximum absolute atomic E-state index is 12.6. The molecule has 0 atom stereocenters. The third-order valence-electron chi connectivity index (χ3n) is 4.38. The molecule has 0 fully saturated rings. The molecule has 3 heterocycles. The fourth-order valence-corrected chi connectivity index (χ4v) is 3.20. The van der Waals surface area contributed by atoms with Gasteiger partial charge in [-0.15, -0.1) is 10.2 Å². The van der Waals surface area contributed by atoms with E-state index in [2.05, 4.69) is 34.6 Å². The number of hydrogen-bond acceptors (Lipinski definition) is 3. The van der Waals surface area contributed by atoms with Crippen LogP contribution in [-0.2, 0) is 13.0 Å². The van der Waals surface area contributed by atoms with Crippen molar-refractivity contribution in [3.8, 4) is 0 Å². The van der Waals surface area contributed by atoms with Crippen LogP contribution in [0.4, 0.5) is 10.5 Å². The molecule has 2 amide bonds. The summed E-state index contributed by atoms with van der Waals surface area (Å²) in [5.74, 6) is 0.722. The van der Waals surface area contributed by atoms with Gasteiger partial charge in [-0.2, -0.15) is 0 Å². The molecule has 1 N–H and O–H groups in total. The first kappa shape index (κ1) is 14.7. The van der Waals surface area contributed by atoms with Crippen molar-refractivity contribution in [3.05, 3.63) is 59.5 Å². The van der Waals surface area contributed by atoms with E-state index in [9.17, 15) is 4.79 Å². The zero-order valence-electron chi connectivity index (χ0n) is 13.6. The maximum atomic E-state index is 12.6. The van der Waals surface area contributed by atoms with E-state index < -0.39 is 0 Å². The van der Waals surface area contributed by atoms with E-state index in [1.165, 1.54) is 11.1 Å². The maximum Gasteiger partial charge on any atom is 0.322 e. The highest BCUT2D eigenvalue weighted by atomic mass is 16.2. The standard InChI is InChI=1S/C18H19N5O/c1-13-7-8-15-14(11-13)5-4-10-22(15)18(24)19-12-17-21-20-16-6-2-3-9-23(16)17/h2-3,6-9,11H,4-5,10,12H2,1H3,(H,19,24). The minimum absolute atomic E-state index is 0.0903. The number of rotatable bonds is 2. The Labute approximate surface area is 140 Å². The summed E-state index contributed by atoms with van der Waals surface area (Å²) in [7, 11) is 0. The number of anilines is 1. The molecule has 0 spiro atoms. The fraction of sp³-hybridized carbons (Fsp3) is 0.278. The van der Waals surface area contributed by atoms with E-state index in [1.807, 2.05) is 39.8 Å². The van der Waals surface area contributed by atoms with Crippen LogP contribution in [0.2, 0.25) is 0 Å². The SMILES string of the molecule is Cc1ccc2c(c1)CCCN2C(=O)NCc1nnc2ccccn12. The van der Waals surface area contributed by atoms with Gasteiger partial charge >= 0.3 is 6.03 Å². The highest BCUT2D eigenvalue weighted by Gasteiger charge is 2.22. The van der Waals surface area contributed by atoms with E-state index in [0.717, 1.165) is 36.5 Å². The predicted octanol–water partition coefficient (Wildman–Crippen LogP) is 2.70. The average molecular weight is 321 g/mol. The molecule has 6 nitrogen and oxygen atoms in total. The van der Waals surface area contributed by atoms with Gasteiger partial charge in [0.2, 0.25) is 0 Å². The van der Waals surface area contributed by atoms with Crippen LogP contribution in [-0.4, -0.2) is 27.2 Å². The van der Waals surface area contributed by atoms with Gasteiger partial charge < -0.3 is 5.32 Å². The van der Waals surface area contributed by atoms with Crippen LogP contribution >= 0.6 is 0 Å². The van der Waals surface area contributed by atoms with Crippen molar-refractivity contribution in [3.63, 3.8) is 0 Å². The van der Waals surface area contributed by atoms with Gasteiger partial charge in [0.1, 0.15) is 0 Å². The summed E-state index contributed by atoms with van der Waals surface area (Å²) in [6.07, 6.45) is 3.91. The lowest BCUT2D eigenvalue weighted by molar-refractivity contribution is 0.245. The van der Waals surface area contributed by atoms with Crippen LogP contribution < -0.4 is 10.2 Å². The lowest BCUT2D eigenvalue weighted by atomic mass is 10.00. The molecule has 0 saturated carbocycles. The monoisotopic (exact) mass is 321 g/mol. The van der Waals surface area contributed by atoms with Crippen molar-refractivity contribution in [2.75, 3.05) is 11.4 Å². The number of nitrogens with one attached hydrogen (secondary N) is 1. The first-order valence-electron chi connectivity index (χ1n) is 8.16. The summed E-state index contributed by atoms with van der Waals surface area (Å²) < 4.78 is 1.88. The van der Waals surface area contributed by atoms with Crippen molar-refractivity contribution in [2.45, 2.75) is 26.3 Å². The Morgan fingerprint density at radius 2 is 2.17 bits per heavy atom. The molecule has 0 bridgehead atoms. The van der Waals surface area contributed by atoms with Gasteiger partial charge in [-0.1, -0.05) is 23.8 Å². The number of amides is 2. The van der Waals surface area contributed by atoms with Crippen LogP contribution in [0, 0.1) is 6.92 Å². The van der Waals surface area contributed by atoms with Gasteiger partial charge in [-0.3, -0.25) is 9.30 Å². The summed E-state index contributed by atoms with van der Waals surface area (Å²) in [4.78, 5) is 14.5. The highest BCUT2D eigenvalue weighted by Crippen LogP contribution is 2.27. The Balaban J connectivity index is 1.51. The fourth-order valence-electron chi connectivity index (χ4n) is 3.20. The molecular formula is C18H19N5O. The predicted molar refractivity (Wildman–Crippen MR) is 92.1 cm³/mol. The molecule has 1 aliphatic rings. The first-order valence-corrected chi connectivity index (χ1v) is 8.16. The van der Waals surface area contributed by atoms with Crippen LogP contribution in [0.3, 0.4) is 0 Å². The molecular weight excluding hydrogens is 302 g/mol. The third kappa shape index (κ3) is 2.60. The summed E-state index contributed by atoms with van der Waals surface area (Å²) in [6.45, 7) is 3.17. The number of urea groups is 1. The number of hydrogen-bond donors (Lipinski definition) is 1. The molecule has 1 aliphatic heterocycles. The molecule has 122 valence electrons. The molecule has 0 aliphatic carbocycles. The van der Waals surface area contributed by atoms with E-state index in [1.54, 1.807) is 0 Å². The Bertz CT molecular complexity index is 901. The molecule has 0 radical (unpaired) electrons. The molecule has 2 aromatic heterocycles. The van der Waals surface area contributed by atoms with Crippen LogP contribution in [0.25, 0.3) is 5.65 Å². The molecule has 6 heteroatoms. The number of carbonyl (C=O) groups is 1. The second kappa shape index (κ2) is 5.96. The number of aromatic nitrogens is 3. The van der Waals surface area contributed by atoms with Gasteiger partial charge in [0.15, 0.2) is 11.5 Å². The molecule has 1 aromatic carbocycles. The quantitative estimate of drug-likeness (QED) is 0.789. The molecule has 4 rings (SSSR count). The van der Waals surface area contributed by atoms with Gasteiger partial charge in [0.25, 0.3) is 0 Å². The van der Waals surface area contributed by atoms with Crippen molar-refractivity contribution in [1.29, 1.82) is 0 Å². The van der Waals surface area contributed by atoms with Crippen molar-refractivity contribution in [2.24, 2.45) is 0 Å². The Morgan fingerprint density at radius 3 is 3.08 bits per heavy atom. The second-order valence-corrected chi connectivity index (χ2v) is 6.09. The zero-order valence-corrected chi connectivity index (χ0v) is 13.6. The summed E-state index contributed by atoms with van der Waals surface area (Å²) >= 11 is 0. The lowest BCUT2D eigenvalue weighted by Gasteiger charge is -2.29. The second-order valence-electron chi connectivity index (χ2n) is 6.09. The normalized spacial score (nSPS) is 13.8. The van der Waals surface area contributed by atoms with Crippen LogP contribution in [0.15, 0.2) is 42.6 Å². The number of aryl methyl sites for hydroxylation is 2. The van der Waals surface area contributed by atoms with Crippen LogP contribution in [0.5, 0.6) is 0 Å². The number of nitrogens with zero attached hydrogens (tertiary/aromatic N) is 4. The summed E-state index contributed by atoms with van der Waals surface area (Å²) in [5, 5.41) is 11.2. The topological polar surface area (TPSA) is 62.5 Å². The van der Waals surface area contributed by atoms with Crippen molar-refractivity contribution in [1.82, 2.24) is 19.9 Å².